The highest BCUT2D eigenvalue weighted by molar-refractivity contribution is 5.78. The van der Waals surface area contributed by atoms with Crippen LogP contribution in [0.15, 0.2) is 57.9 Å². The minimum absolute atomic E-state index is 0.0439. The van der Waals surface area contributed by atoms with Gasteiger partial charge in [-0.25, -0.2) is 0 Å². The van der Waals surface area contributed by atoms with Crippen molar-refractivity contribution in [3.05, 3.63) is 64.5 Å². The van der Waals surface area contributed by atoms with Crippen molar-refractivity contribution in [3.63, 3.8) is 0 Å². The van der Waals surface area contributed by atoms with Crippen molar-refractivity contribution in [1.82, 2.24) is 4.90 Å². The minimum atomic E-state index is -0.0439. The Morgan fingerprint density at radius 2 is 1.87 bits per heavy atom. The summed E-state index contributed by atoms with van der Waals surface area (Å²) >= 11 is 0. The molecule has 1 N–H and O–H groups in total. The number of aromatic hydroxyl groups is 1. The number of hydrogen-bond donors (Lipinski definition) is 1. The molecule has 0 unspecified atom stereocenters. The zero-order valence-electron chi connectivity index (χ0n) is 17.3. The van der Waals surface area contributed by atoms with Gasteiger partial charge < -0.3 is 19.2 Å². The van der Waals surface area contributed by atoms with E-state index in [0.717, 1.165) is 57.0 Å². The van der Waals surface area contributed by atoms with Gasteiger partial charge in [-0.05, 0) is 56.1 Å². The molecule has 0 amide bonds. The van der Waals surface area contributed by atoms with Crippen LogP contribution in [0.1, 0.15) is 18.4 Å². The first-order chi connectivity index (χ1) is 14.7. The Kier molecular flexibility index (Phi) is 6.23. The molecule has 0 saturated carbocycles. The molecule has 3 aromatic rings. The number of rotatable bonds is 7. The van der Waals surface area contributed by atoms with E-state index in [2.05, 4.69) is 21.9 Å². The maximum absolute atomic E-state index is 12.6. The van der Waals surface area contributed by atoms with Gasteiger partial charge in [0.1, 0.15) is 17.1 Å². The number of anilines is 1. The molecule has 6 nitrogen and oxygen atoms in total. The van der Waals surface area contributed by atoms with Crippen LogP contribution in [0.5, 0.6) is 11.5 Å². The zero-order chi connectivity index (χ0) is 20.9. The molecule has 1 aliphatic heterocycles. The third kappa shape index (κ3) is 4.44. The van der Waals surface area contributed by atoms with E-state index in [1.165, 1.54) is 12.1 Å². The number of fused-ring (bicyclic) bond motifs is 1. The average molecular weight is 408 g/mol. The fourth-order valence-corrected chi connectivity index (χ4v) is 4.09. The SMILES string of the molecule is COc1ccccc1N1CCN(CCCCc2coc3ccc(O)cc3c2=O)CC1. The lowest BCUT2D eigenvalue weighted by atomic mass is 10.1. The molecule has 0 bridgehead atoms. The number of methoxy groups -OCH3 is 1. The van der Waals surface area contributed by atoms with E-state index >= 15 is 0 Å². The maximum Gasteiger partial charge on any atom is 0.195 e. The van der Waals surface area contributed by atoms with Crippen LogP contribution in [-0.4, -0.2) is 49.8 Å². The second kappa shape index (κ2) is 9.22. The summed E-state index contributed by atoms with van der Waals surface area (Å²) in [4.78, 5) is 17.5. The molecule has 4 rings (SSSR count). The minimum Gasteiger partial charge on any atom is -0.508 e. The van der Waals surface area contributed by atoms with E-state index in [-0.39, 0.29) is 11.2 Å². The van der Waals surface area contributed by atoms with Gasteiger partial charge in [-0.2, -0.15) is 0 Å². The first-order valence-electron chi connectivity index (χ1n) is 10.5. The molecule has 30 heavy (non-hydrogen) atoms. The van der Waals surface area contributed by atoms with Gasteiger partial charge in [0.05, 0.1) is 24.4 Å². The number of ether oxygens (including phenoxy) is 1. The Morgan fingerprint density at radius 1 is 1.07 bits per heavy atom. The van der Waals surface area contributed by atoms with Crippen LogP contribution < -0.4 is 15.1 Å². The molecule has 6 heteroatoms. The third-order valence-corrected chi connectivity index (χ3v) is 5.80. The fraction of sp³-hybridized carbons (Fsp3) is 0.375. The van der Waals surface area contributed by atoms with Crippen LogP contribution in [0.3, 0.4) is 0 Å². The molecular formula is C24H28N2O4. The summed E-state index contributed by atoms with van der Waals surface area (Å²) < 4.78 is 11.0. The summed E-state index contributed by atoms with van der Waals surface area (Å²) in [6, 6.07) is 12.8. The molecule has 1 aromatic heterocycles. The van der Waals surface area contributed by atoms with Crippen LogP contribution in [0.2, 0.25) is 0 Å². The van der Waals surface area contributed by atoms with Gasteiger partial charge in [-0.15, -0.1) is 0 Å². The molecule has 158 valence electrons. The number of para-hydroxylation sites is 2. The average Bonchev–Trinajstić information content (AvgIpc) is 2.79. The Labute approximate surface area is 176 Å². The Bertz CT molecular complexity index is 1050. The number of nitrogens with zero attached hydrogens (tertiary/aromatic N) is 2. The lowest BCUT2D eigenvalue weighted by molar-refractivity contribution is 0.252. The molecule has 2 aromatic carbocycles. The predicted molar refractivity (Wildman–Crippen MR) is 119 cm³/mol. The van der Waals surface area contributed by atoms with Gasteiger partial charge in [-0.3, -0.25) is 9.69 Å². The van der Waals surface area contributed by atoms with Crippen LogP contribution in [-0.2, 0) is 6.42 Å². The van der Waals surface area contributed by atoms with E-state index in [0.29, 0.717) is 23.0 Å². The smallest absolute Gasteiger partial charge is 0.195 e. The number of hydrogen-bond acceptors (Lipinski definition) is 6. The van der Waals surface area contributed by atoms with Gasteiger partial charge in [-0.1, -0.05) is 12.1 Å². The van der Waals surface area contributed by atoms with Gasteiger partial charge >= 0.3 is 0 Å². The van der Waals surface area contributed by atoms with Crippen LogP contribution in [0.25, 0.3) is 11.0 Å². The lowest BCUT2D eigenvalue weighted by Crippen LogP contribution is -2.46. The summed E-state index contributed by atoms with van der Waals surface area (Å²) in [5.74, 6) is 1.01. The molecule has 2 heterocycles. The summed E-state index contributed by atoms with van der Waals surface area (Å²) in [6.45, 7) is 5.04. The zero-order valence-corrected chi connectivity index (χ0v) is 17.3. The monoisotopic (exact) mass is 408 g/mol. The van der Waals surface area contributed by atoms with E-state index in [1.54, 1.807) is 19.4 Å². The normalized spacial score (nSPS) is 14.9. The van der Waals surface area contributed by atoms with E-state index < -0.39 is 0 Å². The Morgan fingerprint density at radius 3 is 2.67 bits per heavy atom. The largest absolute Gasteiger partial charge is 0.508 e. The fourth-order valence-electron chi connectivity index (χ4n) is 4.09. The van der Waals surface area contributed by atoms with Crippen molar-refractivity contribution >= 4 is 16.7 Å². The first kappa shape index (κ1) is 20.3. The van der Waals surface area contributed by atoms with E-state index in [1.807, 2.05) is 12.1 Å². The quantitative estimate of drug-likeness (QED) is 0.602. The van der Waals surface area contributed by atoms with Crippen molar-refractivity contribution in [1.29, 1.82) is 0 Å². The van der Waals surface area contributed by atoms with Crippen molar-refractivity contribution in [2.75, 3.05) is 44.7 Å². The van der Waals surface area contributed by atoms with Gasteiger partial charge in [0.25, 0.3) is 0 Å². The summed E-state index contributed by atoms with van der Waals surface area (Å²) in [7, 11) is 1.72. The summed E-state index contributed by atoms with van der Waals surface area (Å²) in [5, 5.41) is 10.1. The standard InChI is InChI=1S/C24H28N2O4/c1-29-23-8-3-2-7-21(23)26-14-12-25(13-15-26)11-5-4-6-18-17-30-22-10-9-19(27)16-20(22)24(18)28/h2-3,7-10,16-17,27H,4-6,11-15H2,1H3. The molecule has 0 spiro atoms. The number of piperazine rings is 1. The molecule has 0 aliphatic carbocycles. The van der Waals surface area contributed by atoms with Crippen molar-refractivity contribution < 1.29 is 14.3 Å². The van der Waals surface area contributed by atoms with Crippen molar-refractivity contribution in [2.24, 2.45) is 0 Å². The first-order valence-corrected chi connectivity index (χ1v) is 10.5. The predicted octanol–water partition coefficient (Wildman–Crippen LogP) is 3.65. The van der Waals surface area contributed by atoms with Crippen LogP contribution in [0.4, 0.5) is 5.69 Å². The van der Waals surface area contributed by atoms with Gasteiger partial charge in [0, 0.05) is 31.7 Å². The van der Waals surface area contributed by atoms with Gasteiger partial charge in [0.2, 0.25) is 0 Å². The second-order valence-corrected chi connectivity index (χ2v) is 7.73. The highest BCUT2D eigenvalue weighted by atomic mass is 16.5. The molecular weight excluding hydrogens is 380 g/mol. The molecule has 1 fully saturated rings. The van der Waals surface area contributed by atoms with Crippen molar-refractivity contribution in [3.8, 4) is 11.5 Å². The van der Waals surface area contributed by atoms with Crippen LogP contribution >= 0.6 is 0 Å². The Hall–Kier alpha value is -2.99. The molecule has 1 saturated heterocycles. The third-order valence-electron chi connectivity index (χ3n) is 5.80. The topological polar surface area (TPSA) is 66.2 Å². The maximum atomic E-state index is 12.6. The molecule has 1 aliphatic rings. The number of aryl methyl sites for hydroxylation is 1. The number of benzene rings is 2. The van der Waals surface area contributed by atoms with Crippen LogP contribution in [0, 0.1) is 0 Å². The number of unbranched alkanes of at least 4 members (excludes halogenated alkanes) is 1. The molecule has 0 radical (unpaired) electrons. The lowest BCUT2D eigenvalue weighted by Gasteiger charge is -2.36. The highest BCUT2D eigenvalue weighted by Gasteiger charge is 2.19. The van der Waals surface area contributed by atoms with Gasteiger partial charge in [0.15, 0.2) is 5.43 Å². The summed E-state index contributed by atoms with van der Waals surface area (Å²) in [6.07, 6.45) is 4.22. The van der Waals surface area contributed by atoms with E-state index in [4.69, 9.17) is 9.15 Å². The van der Waals surface area contributed by atoms with Crippen molar-refractivity contribution in [2.45, 2.75) is 19.3 Å². The number of phenols is 1. The Balaban J connectivity index is 1.26. The van der Waals surface area contributed by atoms with E-state index in [9.17, 15) is 9.90 Å². The summed E-state index contributed by atoms with van der Waals surface area (Å²) in [5.41, 5.74) is 2.30. The molecule has 0 atom stereocenters. The number of phenolic OH excluding ortho intramolecular Hbond substituents is 1. The highest BCUT2D eigenvalue weighted by Crippen LogP contribution is 2.28. The second-order valence-electron chi connectivity index (χ2n) is 7.73.